The Bertz CT molecular complexity index is 575. The Morgan fingerprint density at radius 1 is 1.37 bits per heavy atom. The highest BCUT2D eigenvalue weighted by atomic mass is 32.1. The van der Waals surface area contributed by atoms with E-state index >= 15 is 0 Å². The van der Waals surface area contributed by atoms with Crippen molar-refractivity contribution in [1.82, 2.24) is 10.3 Å². The number of hydrogen-bond acceptors (Lipinski definition) is 3. The van der Waals surface area contributed by atoms with E-state index in [4.69, 9.17) is 0 Å². The topological polar surface area (TPSA) is 42.0 Å². The Hall–Kier alpha value is -1.68. The number of carbonyl (C=O) groups is 1. The molecular formula is C15H18N2OS. The fraction of sp³-hybridized carbons (Fsp3) is 0.333. The third-order valence-electron chi connectivity index (χ3n) is 2.84. The van der Waals surface area contributed by atoms with E-state index in [9.17, 15) is 4.79 Å². The maximum absolute atomic E-state index is 11.6. The van der Waals surface area contributed by atoms with E-state index < -0.39 is 0 Å². The summed E-state index contributed by atoms with van der Waals surface area (Å²) in [6.07, 6.45) is 0. The Kier molecular flexibility index (Phi) is 4.32. The summed E-state index contributed by atoms with van der Waals surface area (Å²) < 4.78 is 0. The molecule has 19 heavy (non-hydrogen) atoms. The molecular weight excluding hydrogens is 256 g/mol. The van der Waals surface area contributed by atoms with Crippen LogP contribution in [0.1, 0.15) is 25.1 Å². The van der Waals surface area contributed by atoms with Crippen molar-refractivity contribution in [2.75, 3.05) is 0 Å². The molecule has 4 heteroatoms. The van der Waals surface area contributed by atoms with Gasteiger partial charge in [-0.3, -0.25) is 4.79 Å². The highest BCUT2D eigenvalue weighted by Crippen LogP contribution is 2.26. The van der Waals surface area contributed by atoms with Crippen LogP contribution in [-0.4, -0.2) is 10.9 Å². The van der Waals surface area contributed by atoms with Crippen LogP contribution in [0.4, 0.5) is 0 Å². The van der Waals surface area contributed by atoms with Crippen molar-refractivity contribution in [1.29, 1.82) is 0 Å². The van der Waals surface area contributed by atoms with Crippen LogP contribution in [0.15, 0.2) is 29.6 Å². The lowest BCUT2D eigenvalue weighted by Crippen LogP contribution is -2.27. The summed E-state index contributed by atoms with van der Waals surface area (Å²) in [7, 11) is 0. The molecule has 0 aliphatic heterocycles. The molecule has 2 aromatic rings. The number of nitrogens with zero attached hydrogens (tertiary/aromatic N) is 1. The quantitative estimate of drug-likeness (QED) is 0.928. The zero-order valence-electron chi connectivity index (χ0n) is 11.4. The number of amides is 1. The Labute approximate surface area is 117 Å². The van der Waals surface area contributed by atoms with E-state index in [-0.39, 0.29) is 11.8 Å². The summed E-state index contributed by atoms with van der Waals surface area (Å²) in [6.45, 7) is 6.33. The number of aromatic nitrogens is 1. The molecule has 0 saturated carbocycles. The van der Waals surface area contributed by atoms with Crippen LogP contribution >= 0.6 is 11.3 Å². The fourth-order valence-electron chi connectivity index (χ4n) is 1.75. The van der Waals surface area contributed by atoms with Gasteiger partial charge in [-0.25, -0.2) is 4.98 Å². The summed E-state index contributed by atoms with van der Waals surface area (Å²) in [5.41, 5.74) is 3.23. The molecule has 0 radical (unpaired) electrons. The first kappa shape index (κ1) is 13.7. The van der Waals surface area contributed by atoms with Gasteiger partial charge in [0.2, 0.25) is 5.91 Å². The van der Waals surface area contributed by atoms with Gasteiger partial charge < -0.3 is 5.32 Å². The second-order valence-electron chi connectivity index (χ2n) is 4.82. The number of thiazole rings is 1. The predicted molar refractivity (Wildman–Crippen MR) is 79.0 cm³/mol. The molecule has 0 fully saturated rings. The predicted octanol–water partition coefficient (Wildman–Crippen LogP) is 3.39. The SMILES string of the molecule is Cc1csc(-c2ccccc2CNC(=O)C(C)C)n1. The first-order chi connectivity index (χ1) is 9.08. The second kappa shape index (κ2) is 5.97. The Morgan fingerprint density at radius 2 is 2.11 bits per heavy atom. The lowest BCUT2D eigenvalue weighted by atomic mass is 10.1. The normalized spacial score (nSPS) is 10.7. The van der Waals surface area contributed by atoms with E-state index in [0.29, 0.717) is 6.54 Å². The van der Waals surface area contributed by atoms with Crippen molar-refractivity contribution < 1.29 is 4.79 Å². The minimum absolute atomic E-state index is 0.00858. The molecule has 0 bridgehead atoms. The molecule has 0 unspecified atom stereocenters. The molecule has 100 valence electrons. The van der Waals surface area contributed by atoms with Gasteiger partial charge >= 0.3 is 0 Å². The van der Waals surface area contributed by atoms with E-state index in [1.165, 1.54) is 0 Å². The van der Waals surface area contributed by atoms with Gasteiger partial charge in [0.05, 0.1) is 0 Å². The molecule has 0 atom stereocenters. The van der Waals surface area contributed by atoms with Gasteiger partial charge in [0.1, 0.15) is 5.01 Å². The number of hydrogen-bond donors (Lipinski definition) is 1. The molecule has 1 aromatic carbocycles. The van der Waals surface area contributed by atoms with Crippen LogP contribution in [0.25, 0.3) is 10.6 Å². The molecule has 0 aliphatic rings. The number of aryl methyl sites for hydroxylation is 1. The van der Waals surface area contributed by atoms with Crippen molar-refractivity contribution in [3.63, 3.8) is 0 Å². The van der Waals surface area contributed by atoms with Crippen LogP contribution < -0.4 is 5.32 Å². The largest absolute Gasteiger partial charge is 0.352 e. The number of carbonyl (C=O) groups excluding carboxylic acids is 1. The van der Waals surface area contributed by atoms with Crippen molar-refractivity contribution in [2.24, 2.45) is 5.92 Å². The van der Waals surface area contributed by atoms with E-state index in [1.807, 2.05) is 44.4 Å². The van der Waals surface area contributed by atoms with Crippen molar-refractivity contribution in [2.45, 2.75) is 27.3 Å². The lowest BCUT2D eigenvalue weighted by Gasteiger charge is -2.10. The van der Waals surface area contributed by atoms with E-state index in [1.54, 1.807) is 11.3 Å². The Morgan fingerprint density at radius 3 is 2.74 bits per heavy atom. The molecule has 0 spiro atoms. The number of nitrogens with one attached hydrogen (secondary N) is 1. The van der Waals surface area contributed by atoms with Crippen LogP contribution in [0.2, 0.25) is 0 Å². The van der Waals surface area contributed by atoms with Crippen LogP contribution in [0.3, 0.4) is 0 Å². The average Bonchev–Trinajstić information content (AvgIpc) is 2.82. The fourth-order valence-corrected chi connectivity index (χ4v) is 2.60. The highest BCUT2D eigenvalue weighted by molar-refractivity contribution is 7.13. The summed E-state index contributed by atoms with van der Waals surface area (Å²) in [6, 6.07) is 8.07. The van der Waals surface area contributed by atoms with Crippen LogP contribution in [-0.2, 0) is 11.3 Å². The number of benzene rings is 1. The maximum Gasteiger partial charge on any atom is 0.222 e. The van der Waals surface area contributed by atoms with Gasteiger partial charge in [-0.1, -0.05) is 38.1 Å². The number of rotatable bonds is 4. The first-order valence-corrected chi connectivity index (χ1v) is 7.24. The summed E-state index contributed by atoms with van der Waals surface area (Å²) >= 11 is 1.63. The smallest absolute Gasteiger partial charge is 0.222 e. The molecule has 0 saturated heterocycles. The van der Waals surface area contributed by atoms with Gasteiger partial charge in [0.25, 0.3) is 0 Å². The van der Waals surface area contributed by atoms with Crippen LogP contribution in [0.5, 0.6) is 0 Å². The van der Waals surface area contributed by atoms with Gasteiger partial charge in [-0.15, -0.1) is 11.3 Å². The van der Waals surface area contributed by atoms with E-state index in [0.717, 1.165) is 21.8 Å². The molecule has 1 amide bonds. The summed E-state index contributed by atoms with van der Waals surface area (Å²) in [4.78, 5) is 16.2. The van der Waals surface area contributed by atoms with Crippen molar-refractivity contribution >= 4 is 17.2 Å². The minimum Gasteiger partial charge on any atom is -0.352 e. The standard InChI is InChI=1S/C15H18N2OS/c1-10(2)14(18)16-8-12-6-4-5-7-13(12)15-17-11(3)9-19-15/h4-7,9-10H,8H2,1-3H3,(H,16,18). The van der Waals surface area contributed by atoms with Gasteiger partial charge in [-0.05, 0) is 12.5 Å². The van der Waals surface area contributed by atoms with Crippen molar-refractivity contribution in [3.05, 3.63) is 40.9 Å². The van der Waals surface area contributed by atoms with Gasteiger partial charge in [0, 0.05) is 29.1 Å². The third kappa shape index (κ3) is 3.41. The summed E-state index contributed by atoms with van der Waals surface area (Å²) in [5.74, 6) is 0.0828. The van der Waals surface area contributed by atoms with Crippen LogP contribution in [0, 0.1) is 12.8 Å². The second-order valence-corrected chi connectivity index (χ2v) is 5.68. The highest BCUT2D eigenvalue weighted by Gasteiger charge is 2.10. The molecule has 0 aliphatic carbocycles. The van der Waals surface area contributed by atoms with E-state index in [2.05, 4.69) is 16.4 Å². The Balaban J connectivity index is 2.20. The summed E-state index contributed by atoms with van der Waals surface area (Å²) in [5, 5.41) is 6.00. The van der Waals surface area contributed by atoms with Gasteiger partial charge in [0.15, 0.2) is 0 Å². The molecule has 1 heterocycles. The lowest BCUT2D eigenvalue weighted by molar-refractivity contribution is -0.124. The zero-order chi connectivity index (χ0) is 13.8. The molecule has 1 N–H and O–H groups in total. The molecule has 2 rings (SSSR count). The third-order valence-corrected chi connectivity index (χ3v) is 3.84. The van der Waals surface area contributed by atoms with Crippen molar-refractivity contribution in [3.8, 4) is 10.6 Å². The average molecular weight is 274 g/mol. The first-order valence-electron chi connectivity index (χ1n) is 6.36. The monoisotopic (exact) mass is 274 g/mol. The molecule has 3 nitrogen and oxygen atoms in total. The maximum atomic E-state index is 11.6. The molecule has 1 aromatic heterocycles. The van der Waals surface area contributed by atoms with Gasteiger partial charge in [-0.2, -0.15) is 0 Å². The minimum atomic E-state index is 0.00858. The zero-order valence-corrected chi connectivity index (χ0v) is 12.3.